The summed E-state index contributed by atoms with van der Waals surface area (Å²) in [4.78, 5) is 13.3. The maximum atomic E-state index is 9.78. The number of pyridine rings is 2. The highest BCUT2D eigenvalue weighted by molar-refractivity contribution is 5.79. The summed E-state index contributed by atoms with van der Waals surface area (Å²) in [5, 5.41) is 9.78. The van der Waals surface area contributed by atoms with Crippen LogP contribution in [0, 0.1) is 0 Å². The molecule has 5 nitrogen and oxygen atoms in total. The van der Waals surface area contributed by atoms with Crippen molar-refractivity contribution in [2.24, 2.45) is 0 Å². The Labute approximate surface area is 126 Å². The Balaban J connectivity index is 2.07. The molecule has 4 rings (SSSR count). The van der Waals surface area contributed by atoms with Gasteiger partial charge in [-0.25, -0.2) is 9.97 Å². The Hall–Kier alpha value is -3.21. The van der Waals surface area contributed by atoms with Crippen LogP contribution in [0.2, 0.25) is 0 Å². The lowest BCUT2D eigenvalue weighted by Gasteiger charge is -2.08. The molecule has 3 aromatic heterocycles. The molecule has 5 heteroatoms. The molecule has 0 saturated heterocycles. The van der Waals surface area contributed by atoms with Gasteiger partial charge in [-0.05, 0) is 36.4 Å². The minimum Gasteiger partial charge on any atom is -0.508 e. The molecule has 1 aromatic carbocycles. The number of phenols is 1. The summed E-state index contributed by atoms with van der Waals surface area (Å²) in [5.41, 5.74) is 3.24. The molecule has 1 N–H and O–H groups in total. The largest absolute Gasteiger partial charge is 0.508 e. The van der Waals surface area contributed by atoms with Gasteiger partial charge < -0.3 is 5.11 Å². The predicted octanol–water partition coefficient (Wildman–Crippen LogP) is 3.19. The second-order valence-corrected chi connectivity index (χ2v) is 4.88. The number of nitrogens with zero attached hydrogens (tertiary/aromatic N) is 4. The van der Waals surface area contributed by atoms with Crippen molar-refractivity contribution < 1.29 is 5.11 Å². The Morgan fingerprint density at radius 3 is 2.68 bits per heavy atom. The average Bonchev–Trinajstić information content (AvgIpc) is 2.95. The van der Waals surface area contributed by atoms with Crippen LogP contribution >= 0.6 is 0 Å². The van der Waals surface area contributed by atoms with Gasteiger partial charge in [0, 0.05) is 30.2 Å². The van der Waals surface area contributed by atoms with Crippen LogP contribution in [-0.2, 0) is 0 Å². The molecule has 3 heterocycles. The van der Waals surface area contributed by atoms with Crippen LogP contribution in [0.15, 0.2) is 67.1 Å². The summed E-state index contributed by atoms with van der Waals surface area (Å²) in [6, 6.07) is 14.6. The van der Waals surface area contributed by atoms with E-state index in [1.165, 1.54) is 0 Å². The Morgan fingerprint density at radius 2 is 1.86 bits per heavy atom. The van der Waals surface area contributed by atoms with Crippen LogP contribution in [-0.4, -0.2) is 24.6 Å². The van der Waals surface area contributed by atoms with E-state index in [2.05, 4.69) is 15.0 Å². The van der Waals surface area contributed by atoms with Gasteiger partial charge in [0.25, 0.3) is 0 Å². The highest BCUT2D eigenvalue weighted by Gasteiger charge is 2.15. The first kappa shape index (κ1) is 12.5. The number of aromatic hydroxyl groups is 1. The van der Waals surface area contributed by atoms with Crippen LogP contribution in [0.3, 0.4) is 0 Å². The minimum atomic E-state index is 0.201. The molecule has 0 aliphatic carbocycles. The molecule has 0 aliphatic rings. The minimum absolute atomic E-state index is 0.201. The molecule has 0 bridgehead atoms. The van der Waals surface area contributed by atoms with Crippen molar-refractivity contribution in [1.29, 1.82) is 0 Å². The summed E-state index contributed by atoms with van der Waals surface area (Å²) >= 11 is 0. The van der Waals surface area contributed by atoms with Gasteiger partial charge in [-0.3, -0.25) is 9.55 Å². The van der Waals surface area contributed by atoms with Gasteiger partial charge in [0.2, 0.25) is 0 Å². The summed E-state index contributed by atoms with van der Waals surface area (Å²) in [6.07, 6.45) is 5.22. The molecule has 0 radical (unpaired) electrons. The monoisotopic (exact) mass is 288 g/mol. The normalized spacial score (nSPS) is 10.9. The molecule has 0 fully saturated rings. The number of benzene rings is 1. The van der Waals surface area contributed by atoms with E-state index in [0.717, 1.165) is 28.2 Å². The fourth-order valence-corrected chi connectivity index (χ4v) is 2.48. The molecular formula is C17H12N4O. The Bertz CT molecular complexity index is 947. The molecule has 4 aromatic rings. The standard InChI is InChI=1S/C17H12N4O/c22-14-6-1-5-13(10-14)21-16(12-4-2-8-18-11-12)20-15-7-3-9-19-17(15)21/h1-11,22H. The van der Waals surface area contributed by atoms with Gasteiger partial charge in [-0.2, -0.15) is 0 Å². The van der Waals surface area contributed by atoms with E-state index in [4.69, 9.17) is 0 Å². The SMILES string of the molecule is Oc1cccc(-n2c(-c3cccnc3)nc3cccnc32)c1. The lowest BCUT2D eigenvalue weighted by Crippen LogP contribution is -1.98. The molecule has 0 amide bonds. The number of hydrogen-bond acceptors (Lipinski definition) is 4. The van der Waals surface area contributed by atoms with E-state index < -0.39 is 0 Å². The van der Waals surface area contributed by atoms with Crippen LogP contribution in [0.4, 0.5) is 0 Å². The number of phenolic OH excluding ortho intramolecular Hbond substituents is 1. The highest BCUT2D eigenvalue weighted by Crippen LogP contribution is 2.28. The van der Waals surface area contributed by atoms with Gasteiger partial charge in [-0.15, -0.1) is 0 Å². The van der Waals surface area contributed by atoms with Crippen molar-refractivity contribution in [3.8, 4) is 22.8 Å². The number of hydrogen-bond donors (Lipinski definition) is 1. The molecule has 0 unspecified atom stereocenters. The molecule has 0 saturated carbocycles. The van der Waals surface area contributed by atoms with Gasteiger partial charge >= 0.3 is 0 Å². The zero-order valence-electron chi connectivity index (χ0n) is 11.6. The molecule has 0 spiro atoms. The molecule has 22 heavy (non-hydrogen) atoms. The van der Waals surface area contributed by atoms with E-state index in [-0.39, 0.29) is 5.75 Å². The van der Waals surface area contributed by atoms with E-state index in [1.807, 2.05) is 34.9 Å². The summed E-state index contributed by atoms with van der Waals surface area (Å²) < 4.78 is 1.92. The Morgan fingerprint density at radius 1 is 0.955 bits per heavy atom. The van der Waals surface area contributed by atoms with Crippen molar-refractivity contribution in [2.45, 2.75) is 0 Å². The van der Waals surface area contributed by atoms with E-state index >= 15 is 0 Å². The third-order valence-electron chi connectivity index (χ3n) is 3.42. The van der Waals surface area contributed by atoms with Crippen LogP contribution in [0.5, 0.6) is 5.75 Å². The van der Waals surface area contributed by atoms with Crippen molar-refractivity contribution in [1.82, 2.24) is 19.5 Å². The molecule has 0 aliphatic heterocycles. The number of aromatic nitrogens is 4. The lowest BCUT2D eigenvalue weighted by atomic mass is 10.2. The summed E-state index contributed by atoms with van der Waals surface area (Å²) in [7, 11) is 0. The maximum Gasteiger partial charge on any atom is 0.164 e. The third kappa shape index (κ3) is 2.00. The predicted molar refractivity (Wildman–Crippen MR) is 83.8 cm³/mol. The van der Waals surface area contributed by atoms with Gasteiger partial charge in [0.05, 0.1) is 5.69 Å². The third-order valence-corrected chi connectivity index (χ3v) is 3.42. The number of rotatable bonds is 2. The van der Waals surface area contributed by atoms with Crippen LogP contribution < -0.4 is 0 Å². The van der Waals surface area contributed by atoms with Crippen molar-refractivity contribution in [3.05, 3.63) is 67.1 Å². The zero-order chi connectivity index (χ0) is 14.9. The summed E-state index contributed by atoms with van der Waals surface area (Å²) in [5.74, 6) is 0.944. The average molecular weight is 288 g/mol. The maximum absolute atomic E-state index is 9.78. The number of imidazole rings is 1. The van der Waals surface area contributed by atoms with E-state index in [0.29, 0.717) is 0 Å². The van der Waals surface area contributed by atoms with Crippen LogP contribution in [0.1, 0.15) is 0 Å². The molecular weight excluding hydrogens is 276 g/mol. The van der Waals surface area contributed by atoms with Crippen molar-refractivity contribution >= 4 is 11.2 Å². The second-order valence-electron chi connectivity index (χ2n) is 4.88. The first-order valence-electron chi connectivity index (χ1n) is 6.86. The van der Waals surface area contributed by atoms with Gasteiger partial charge in [0.1, 0.15) is 17.1 Å². The first-order chi connectivity index (χ1) is 10.8. The van der Waals surface area contributed by atoms with Crippen molar-refractivity contribution in [2.75, 3.05) is 0 Å². The second kappa shape index (κ2) is 4.96. The van der Waals surface area contributed by atoms with Crippen molar-refractivity contribution in [3.63, 3.8) is 0 Å². The zero-order valence-corrected chi connectivity index (χ0v) is 11.6. The van der Waals surface area contributed by atoms with Crippen LogP contribution in [0.25, 0.3) is 28.2 Å². The number of fused-ring (bicyclic) bond motifs is 1. The summed E-state index contributed by atoms with van der Waals surface area (Å²) in [6.45, 7) is 0. The topological polar surface area (TPSA) is 63.8 Å². The first-order valence-corrected chi connectivity index (χ1v) is 6.86. The fourth-order valence-electron chi connectivity index (χ4n) is 2.48. The molecule has 0 atom stereocenters. The molecule has 106 valence electrons. The van der Waals surface area contributed by atoms with E-state index in [1.54, 1.807) is 36.8 Å². The Kier molecular flexibility index (Phi) is 2.83. The smallest absolute Gasteiger partial charge is 0.164 e. The quantitative estimate of drug-likeness (QED) is 0.615. The lowest BCUT2D eigenvalue weighted by molar-refractivity contribution is 0.475. The highest BCUT2D eigenvalue weighted by atomic mass is 16.3. The van der Waals surface area contributed by atoms with Gasteiger partial charge in [-0.1, -0.05) is 6.07 Å². The fraction of sp³-hybridized carbons (Fsp3) is 0. The van der Waals surface area contributed by atoms with Gasteiger partial charge in [0.15, 0.2) is 5.65 Å². The van der Waals surface area contributed by atoms with E-state index in [9.17, 15) is 5.11 Å².